The van der Waals surface area contributed by atoms with Gasteiger partial charge < -0.3 is 10.1 Å². The maximum absolute atomic E-state index is 15.4. The normalized spacial score (nSPS) is 11.2. The third-order valence-corrected chi connectivity index (χ3v) is 6.75. The highest BCUT2D eigenvalue weighted by atomic mass is 32.2. The van der Waals surface area contributed by atoms with Crippen LogP contribution in [-0.2, 0) is 10.0 Å². The Hall–Kier alpha value is -3.52. The highest BCUT2D eigenvalue weighted by Gasteiger charge is 2.26. The number of nitrogens with zero attached hydrogens (tertiary/aromatic N) is 4. The van der Waals surface area contributed by atoms with Gasteiger partial charge in [0.05, 0.1) is 36.0 Å². The zero-order valence-electron chi connectivity index (χ0n) is 17.7. The second-order valence-electron chi connectivity index (χ2n) is 6.74. The minimum absolute atomic E-state index is 0.00375. The summed E-state index contributed by atoms with van der Waals surface area (Å²) < 4.78 is 61.0. The molecule has 32 heavy (non-hydrogen) atoms. The molecule has 0 spiro atoms. The van der Waals surface area contributed by atoms with Crippen molar-refractivity contribution >= 4 is 38.1 Å². The van der Waals surface area contributed by atoms with Crippen molar-refractivity contribution in [2.24, 2.45) is 0 Å². The molecule has 3 aromatic rings. The lowest BCUT2D eigenvalue weighted by Gasteiger charge is -2.24. The van der Waals surface area contributed by atoms with Gasteiger partial charge in [-0.2, -0.15) is 5.26 Å². The summed E-state index contributed by atoms with van der Waals surface area (Å²) in [5.41, 5.74) is -0.203. The lowest BCUT2D eigenvalue weighted by atomic mass is 10.1. The van der Waals surface area contributed by atoms with E-state index in [1.54, 1.807) is 13.8 Å². The van der Waals surface area contributed by atoms with Crippen molar-refractivity contribution in [1.29, 1.82) is 5.26 Å². The van der Waals surface area contributed by atoms with Crippen LogP contribution in [0.25, 0.3) is 11.0 Å². The summed E-state index contributed by atoms with van der Waals surface area (Å²) in [5.74, 6) is -2.04. The molecule has 168 valence electrons. The van der Waals surface area contributed by atoms with Gasteiger partial charge >= 0.3 is 0 Å². The molecule has 0 saturated heterocycles. The molecule has 1 aromatic heterocycles. The second kappa shape index (κ2) is 9.32. The molecule has 11 heteroatoms. The van der Waals surface area contributed by atoms with Gasteiger partial charge in [0.15, 0.2) is 5.82 Å². The molecule has 0 unspecified atom stereocenters. The fraction of sp³-hybridized carbons (Fsp3) is 0.286. The van der Waals surface area contributed by atoms with E-state index in [9.17, 15) is 18.1 Å². The highest BCUT2D eigenvalue weighted by molar-refractivity contribution is 7.92. The summed E-state index contributed by atoms with van der Waals surface area (Å²) in [6.07, 6.45) is 1.73. The minimum atomic E-state index is -3.79. The number of hydrogen-bond acceptors (Lipinski definition) is 7. The van der Waals surface area contributed by atoms with Gasteiger partial charge in [0.25, 0.3) is 0 Å². The summed E-state index contributed by atoms with van der Waals surface area (Å²) >= 11 is 0. The Bertz CT molecular complexity index is 1310. The first-order valence-corrected chi connectivity index (χ1v) is 11.4. The van der Waals surface area contributed by atoms with E-state index in [2.05, 4.69) is 15.3 Å². The number of rotatable bonds is 8. The first-order valence-electron chi connectivity index (χ1n) is 9.76. The molecular formula is C21H21F2N5O3S. The van der Waals surface area contributed by atoms with E-state index in [1.807, 2.05) is 6.07 Å². The van der Waals surface area contributed by atoms with E-state index >= 15 is 4.39 Å². The largest absolute Gasteiger partial charge is 0.480 e. The van der Waals surface area contributed by atoms with Crippen molar-refractivity contribution in [2.45, 2.75) is 20.3 Å². The van der Waals surface area contributed by atoms with Crippen LogP contribution in [0.1, 0.15) is 25.8 Å². The zero-order valence-corrected chi connectivity index (χ0v) is 18.5. The Labute approximate surface area is 184 Å². The quantitative estimate of drug-likeness (QED) is 0.538. The van der Waals surface area contributed by atoms with Crippen LogP contribution in [-0.4, -0.2) is 37.8 Å². The molecule has 0 bridgehead atoms. The number of methoxy groups -OCH3 is 1. The number of nitrogens with one attached hydrogen (secondary N) is 1. The predicted octanol–water partition coefficient (Wildman–Crippen LogP) is 4.10. The Morgan fingerprint density at radius 1 is 1.22 bits per heavy atom. The minimum Gasteiger partial charge on any atom is -0.480 e. The topological polar surface area (TPSA) is 108 Å². The van der Waals surface area contributed by atoms with Gasteiger partial charge in [-0.15, -0.1) is 0 Å². The first kappa shape index (κ1) is 23.1. The van der Waals surface area contributed by atoms with Crippen LogP contribution in [0.3, 0.4) is 0 Å². The monoisotopic (exact) mass is 461 g/mol. The highest BCUT2D eigenvalue weighted by Crippen LogP contribution is 2.34. The summed E-state index contributed by atoms with van der Waals surface area (Å²) in [4.78, 5) is 8.35. The molecule has 0 fully saturated rings. The molecule has 0 aliphatic carbocycles. The Kier molecular flexibility index (Phi) is 6.74. The number of sulfonamides is 1. The number of fused-ring (bicyclic) bond motifs is 1. The predicted molar refractivity (Wildman–Crippen MR) is 118 cm³/mol. The van der Waals surface area contributed by atoms with Crippen molar-refractivity contribution in [1.82, 2.24) is 9.97 Å². The smallest absolute Gasteiger partial charge is 0.235 e. The third kappa shape index (κ3) is 4.27. The van der Waals surface area contributed by atoms with Crippen molar-refractivity contribution in [3.63, 3.8) is 0 Å². The number of nitriles is 1. The summed E-state index contributed by atoms with van der Waals surface area (Å²) in [7, 11) is -2.40. The van der Waals surface area contributed by atoms with Gasteiger partial charge in [-0.25, -0.2) is 27.2 Å². The van der Waals surface area contributed by atoms with Gasteiger partial charge in [0, 0.05) is 6.54 Å². The van der Waals surface area contributed by atoms with Gasteiger partial charge in [-0.3, -0.25) is 4.31 Å². The molecule has 1 N–H and O–H groups in total. The van der Waals surface area contributed by atoms with E-state index in [1.165, 1.54) is 25.4 Å². The number of halogens is 2. The summed E-state index contributed by atoms with van der Waals surface area (Å²) in [5, 5.41) is 12.3. The number of hydrogen-bond donors (Lipinski definition) is 1. The van der Waals surface area contributed by atoms with Crippen LogP contribution in [0.4, 0.5) is 25.8 Å². The number of anilines is 3. The maximum Gasteiger partial charge on any atom is 0.235 e. The Morgan fingerprint density at radius 3 is 2.59 bits per heavy atom. The molecule has 3 rings (SSSR count). The SMILES string of the molecule is CCCS(=O)(=O)N(CC)c1ccc(F)c(Nc2ccc3ncc(OC)nc3c2C#N)c1F. The van der Waals surface area contributed by atoms with Gasteiger partial charge in [0.2, 0.25) is 15.9 Å². The fourth-order valence-electron chi connectivity index (χ4n) is 3.25. The number of ether oxygens (including phenoxy) is 1. The lowest BCUT2D eigenvalue weighted by molar-refractivity contribution is 0.397. The molecule has 0 aliphatic rings. The number of aromatic nitrogens is 2. The van der Waals surface area contributed by atoms with E-state index in [0.29, 0.717) is 11.9 Å². The van der Waals surface area contributed by atoms with E-state index < -0.39 is 27.3 Å². The zero-order chi connectivity index (χ0) is 23.5. The molecule has 0 radical (unpaired) electrons. The van der Waals surface area contributed by atoms with Crippen LogP contribution in [0.2, 0.25) is 0 Å². The van der Waals surface area contributed by atoms with Crippen LogP contribution in [0, 0.1) is 23.0 Å². The molecule has 0 amide bonds. The molecule has 8 nitrogen and oxygen atoms in total. The molecule has 0 atom stereocenters. The third-order valence-electron chi connectivity index (χ3n) is 4.70. The van der Waals surface area contributed by atoms with Crippen LogP contribution < -0.4 is 14.4 Å². The van der Waals surface area contributed by atoms with E-state index in [0.717, 1.165) is 16.4 Å². The van der Waals surface area contributed by atoms with Crippen molar-refractivity contribution in [3.05, 3.63) is 47.7 Å². The van der Waals surface area contributed by atoms with Crippen molar-refractivity contribution < 1.29 is 21.9 Å². The van der Waals surface area contributed by atoms with E-state index in [-0.39, 0.29) is 40.6 Å². The first-order chi connectivity index (χ1) is 15.3. The van der Waals surface area contributed by atoms with Crippen molar-refractivity contribution in [2.75, 3.05) is 29.0 Å². The average Bonchev–Trinajstić information content (AvgIpc) is 2.77. The maximum atomic E-state index is 15.4. The second-order valence-corrected chi connectivity index (χ2v) is 8.75. The van der Waals surface area contributed by atoms with Crippen LogP contribution in [0.5, 0.6) is 5.88 Å². The van der Waals surface area contributed by atoms with E-state index in [4.69, 9.17) is 4.74 Å². The molecule has 0 aliphatic heterocycles. The number of benzene rings is 2. The lowest BCUT2D eigenvalue weighted by Crippen LogP contribution is -2.33. The summed E-state index contributed by atoms with van der Waals surface area (Å²) in [6, 6.07) is 7.00. The Balaban J connectivity index is 2.13. The Morgan fingerprint density at radius 2 is 1.97 bits per heavy atom. The van der Waals surface area contributed by atoms with Crippen LogP contribution in [0.15, 0.2) is 30.5 Å². The molecular weight excluding hydrogens is 440 g/mol. The van der Waals surface area contributed by atoms with Crippen LogP contribution >= 0.6 is 0 Å². The van der Waals surface area contributed by atoms with Gasteiger partial charge in [0.1, 0.15) is 28.7 Å². The molecule has 1 heterocycles. The average molecular weight is 461 g/mol. The molecule has 0 saturated carbocycles. The van der Waals surface area contributed by atoms with Gasteiger partial charge in [-0.1, -0.05) is 6.92 Å². The standard InChI is InChI=1S/C21H21F2N5O3S/c1-4-10-32(29,30)28(5-2)17-9-6-14(22)21(19(17)23)26-15-7-8-16-20(13(15)11-24)27-18(31-3)12-25-16/h6-9,12,26H,4-5,10H2,1-3H3. The summed E-state index contributed by atoms with van der Waals surface area (Å²) in [6.45, 7) is 3.23. The van der Waals surface area contributed by atoms with Gasteiger partial charge in [-0.05, 0) is 37.6 Å². The fourth-order valence-corrected chi connectivity index (χ4v) is 4.82. The molecule has 2 aromatic carbocycles. The van der Waals surface area contributed by atoms with Crippen molar-refractivity contribution in [3.8, 4) is 11.9 Å².